The summed E-state index contributed by atoms with van der Waals surface area (Å²) in [6, 6.07) is 9.20. The van der Waals surface area contributed by atoms with Gasteiger partial charge >= 0.3 is 0 Å². The Labute approximate surface area is 123 Å². The first-order valence-corrected chi connectivity index (χ1v) is 8.02. The second-order valence-electron chi connectivity index (χ2n) is 5.57. The smallest absolute Gasteiger partial charge is 0.121 e. The molecule has 0 spiro atoms. The van der Waals surface area contributed by atoms with Crippen molar-refractivity contribution in [3.8, 4) is 5.75 Å². The van der Waals surface area contributed by atoms with Gasteiger partial charge in [0.2, 0.25) is 0 Å². The standard InChI is InChI=1S/C15H20INO/c16-12-3-1-4-14(11-12)18-15(7-2-8-15)9-10-17-13-5-6-13/h1,3-4,11,13,17H,2,5-10H2. The predicted octanol–water partition coefficient (Wildman–Crippen LogP) is 3.73. The molecule has 0 unspecified atom stereocenters. The van der Waals surface area contributed by atoms with Gasteiger partial charge in [-0.2, -0.15) is 0 Å². The molecule has 2 nitrogen and oxygen atoms in total. The number of hydrogen-bond donors (Lipinski definition) is 1. The van der Waals surface area contributed by atoms with E-state index in [1.807, 2.05) is 0 Å². The summed E-state index contributed by atoms with van der Waals surface area (Å²) in [4.78, 5) is 0. The molecule has 0 amide bonds. The van der Waals surface area contributed by atoms with Crippen LogP contribution in [0.5, 0.6) is 5.75 Å². The Morgan fingerprint density at radius 2 is 2.17 bits per heavy atom. The second-order valence-corrected chi connectivity index (χ2v) is 6.82. The molecule has 18 heavy (non-hydrogen) atoms. The van der Waals surface area contributed by atoms with Crippen LogP contribution in [0.15, 0.2) is 24.3 Å². The third-order valence-corrected chi connectivity index (χ3v) is 4.66. The normalized spacial score (nSPS) is 21.4. The maximum Gasteiger partial charge on any atom is 0.121 e. The lowest BCUT2D eigenvalue weighted by atomic mass is 9.77. The molecule has 3 rings (SSSR count). The minimum atomic E-state index is 0.117. The Kier molecular flexibility index (Phi) is 3.80. The van der Waals surface area contributed by atoms with Crippen LogP contribution in [0, 0.1) is 3.57 Å². The lowest BCUT2D eigenvalue weighted by Crippen LogP contribution is -2.45. The van der Waals surface area contributed by atoms with Crippen LogP contribution in [-0.2, 0) is 0 Å². The summed E-state index contributed by atoms with van der Waals surface area (Å²) in [6.45, 7) is 1.11. The molecule has 3 heteroatoms. The molecule has 1 aromatic carbocycles. The summed E-state index contributed by atoms with van der Waals surface area (Å²) in [5.41, 5.74) is 0.117. The molecule has 0 aliphatic heterocycles. The van der Waals surface area contributed by atoms with Gasteiger partial charge in [0, 0.05) is 9.61 Å². The molecule has 2 aliphatic rings. The van der Waals surface area contributed by atoms with Crippen LogP contribution in [0.2, 0.25) is 0 Å². The molecule has 2 fully saturated rings. The number of ether oxygens (including phenoxy) is 1. The topological polar surface area (TPSA) is 21.3 Å². The Hall–Kier alpha value is -0.290. The number of rotatable bonds is 6. The van der Waals surface area contributed by atoms with Gasteiger partial charge in [0.05, 0.1) is 0 Å². The Bertz CT molecular complexity index is 413. The summed E-state index contributed by atoms with van der Waals surface area (Å²) in [5, 5.41) is 3.60. The zero-order valence-electron chi connectivity index (χ0n) is 10.6. The summed E-state index contributed by atoms with van der Waals surface area (Å²) in [5.74, 6) is 1.04. The van der Waals surface area contributed by atoms with Gasteiger partial charge in [-0.05, 0) is 85.9 Å². The van der Waals surface area contributed by atoms with Crippen LogP contribution in [0.3, 0.4) is 0 Å². The molecule has 1 aromatic rings. The van der Waals surface area contributed by atoms with E-state index in [0.29, 0.717) is 0 Å². The van der Waals surface area contributed by atoms with Gasteiger partial charge in [0.25, 0.3) is 0 Å². The van der Waals surface area contributed by atoms with Gasteiger partial charge in [-0.15, -0.1) is 0 Å². The van der Waals surface area contributed by atoms with Gasteiger partial charge in [-0.1, -0.05) is 6.07 Å². The van der Waals surface area contributed by atoms with Crippen LogP contribution < -0.4 is 10.1 Å². The first-order chi connectivity index (χ1) is 8.76. The van der Waals surface area contributed by atoms with Gasteiger partial charge in [0.15, 0.2) is 0 Å². The van der Waals surface area contributed by atoms with Gasteiger partial charge in [-0.25, -0.2) is 0 Å². The van der Waals surface area contributed by atoms with Crippen molar-refractivity contribution in [1.82, 2.24) is 5.32 Å². The fourth-order valence-electron chi connectivity index (χ4n) is 2.55. The van der Waals surface area contributed by atoms with E-state index >= 15 is 0 Å². The average molecular weight is 357 g/mol. The van der Waals surface area contributed by atoms with E-state index in [0.717, 1.165) is 24.8 Å². The zero-order valence-corrected chi connectivity index (χ0v) is 12.8. The van der Waals surface area contributed by atoms with E-state index in [-0.39, 0.29) is 5.60 Å². The fraction of sp³-hybridized carbons (Fsp3) is 0.600. The minimum Gasteiger partial charge on any atom is -0.487 e. The van der Waals surface area contributed by atoms with Crippen molar-refractivity contribution in [2.75, 3.05) is 6.54 Å². The highest BCUT2D eigenvalue weighted by molar-refractivity contribution is 14.1. The van der Waals surface area contributed by atoms with Crippen molar-refractivity contribution in [1.29, 1.82) is 0 Å². The number of nitrogens with one attached hydrogen (secondary N) is 1. The molecule has 0 saturated heterocycles. The molecular formula is C15H20INO. The minimum absolute atomic E-state index is 0.117. The largest absolute Gasteiger partial charge is 0.487 e. The monoisotopic (exact) mass is 357 g/mol. The highest BCUT2D eigenvalue weighted by Crippen LogP contribution is 2.39. The van der Waals surface area contributed by atoms with Crippen LogP contribution in [0.4, 0.5) is 0 Å². The van der Waals surface area contributed by atoms with Gasteiger partial charge < -0.3 is 10.1 Å². The first kappa shape index (κ1) is 12.7. The van der Waals surface area contributed by atoms with E-state index in [1.54, 1.807) is 0 Å². The molecule has 0 atom stereocenters. The van der Waals surface area contributed by atoms with Crippen LogP contribution in [-0.4, -0.2) is 18.2 Å². The molecule has 0 radical (unpaired) electrons. The summed E-state index contributed by atoms with van der Waals surface area (Å²) in [7, 11) is 0. The van der Waals surface area contributed by atoms with Crippen molar-refractivity contribution in [2.45, 2.75) is 50.2 Å². The van der Waals surface area contributed by atoms with Crippen molar-refractivity contribution in [3.63, 3.8) is 0 Å². The molecule has 0 bridgehead atoms. The number of hydrogen-bond acceptors (Lipinski definition) is 2. The lowest BCUT2D eigenvalue weighted by Gasteiger charge is -2.42. The van der Waals surface area contributed by atoms with E-state index in [9.17, 15) is 0 Å². The fourth-order valence-corrected chi connectivity index (χ4v) is 3.06. The molecule has 0 aromatic heterocycles. The highest BCUT2D eigenvalue weighted by atomic mass is 127. The van der Waals surface area contributed by atoms with Gasteiger partial charge in [-0.3, -0.25) is 0 Å². The molecule has 2 saturated carbocycles. The second kappa shape index (κ2) is 5.37. The molecule has 2 aliphatic carbocycles. The highest BCUT2D eigenvalue weighted by Gasteiger charge is 2.39. The van der Waals surface area contributed by atoms with Gasteiger partial charge in [0.1, 0.15) is 11.4 Å². The lowest BCUT2D eigenvalue weighted by molar-refractivity contribution is -0.0143. The number of halogens is 1. The van der Waals surface area contributed by atoms with Crippen LogP contribution >= 0.6 is 22.6 Å². The first-order valence-electron chi connectivity index (χ1n) is 6.94. The predicted molar refractivity (Wildman–Crippen MR) is 82.0 cm³/mol. The maximum absolute atomic E-state index is 6.28. The molecule has 1 N–H and O–H groups in total. The van der Waals surface area contributed by atoms with Crippen LogP contribution in [0.1, 0.15) is 38.5 Å². The summed E-state index contributed by atoms with van der Waals surface area (Å²) in [6.07, 6.45) is 7.62. The zero-order chi connectivity index (χ0) is 12.4. The Morgan fingerprint density at radius 3 is 2.78 bits per heavy atom. The molecule has 0 heterocycles. The third-order valence-electron chi connectivity index (χ3n) is 3.99. The van der Waals surface area contributed by atoms with Crippen molar-refractivity contribution < 1.29 is 4.74 Å². The summed E-state index contributed by atoms with van der Waals surface area (Å²) < 4.78 is 7.52. The molecule has 98 valence electrons. The number of benzene rings is 1. The molecular weight excluding hydrogens is 337 g/mol. The van der Waals surface area contributed by atoms with E-state index in [2.05, 4.69) is 52.2 Å². The van der Waals surface area contributed by atoms with Crippen LogP contribution in [0.25, 0.3) is 0 Å². The van der Waals surface area contributed by atoms with Crippen molar-refractivity contribution in [2.24, 2.45) is 0 Å². The van der Waals surface area contributed by atoms with Crippen molar-refractivity contribution >= 4 is 22.6 Å². The van der Waals surface area contributed by atoms with E-state index < -0.39 is 0 Å². The van der Waals surface area contributed by atoms with Crippen molar-refractivity contribution in [3.05, 3.63) is 27.8 Å². The van der Waals surface area contributed by atoms with E-state index in [1.165, 1.54) is 35.7 Å². The SMILES string of the molecule is Ic1cccc(OC2(CCNC3CC3)CCC2)c1. The summed E-state index contributed by atoms with van der Waals surface area (Å²) >= 11 is 2.34. The Balaban J connectivity index is 1.56. The third kappa shape index (κ3) is 3.18. The van der Waals surface area contributed by atoms with E-state index in [4.69, 9.17) is 4.74 Å². The Morgan fingerprint density at radius 1 is 1.33 bits per heavy atom. The average Bonchev–Trinajstić information content (AvgIpc) is 3.09. The maximum atomic E-state index is 6.28. The quantitative estimate of drug-likeness (QED) is 0.784.